The van der Waals surface area contributed by atoms with Crippen molar-refractivity contribution in [2.75, 3.05) is 7.05 Å². The molecule has 0 aliphatic carbocycles. The lowest BCUT2D eigenvalue weighted by atomic mass is 10.1. The lowest BCUT2D eigenvalue weighted by Crippen LogP contribution is -2.11. The number of hydrogen-bond donors (Lipinski definition) is 1. The van der Waals surface area contributed by atoms with Crippen molar-refractivity contribution in [3.05, 3.63) is 66.4 Å². The average molecular weight is 278 g/mol. The molecule has 3 nitrogen and oxygen atoms in total. The highest BCUT2D eigenvalue weighted by Crippen LogP contribution is 2.28. The Morgan fingerprint density at radius 1 is 1.00 bits per heavy atom. The molecule has 1 heterocycles. The summed E-state index contributed by atoms with van der Waals surface area (Å²) in [5.74, 6) is 1.60. The van der Waals surface area contributed by atoms with Crippen LogP contribution in [-0.2, 0) is 0 Å². The Kier molecular flexibility index (Phi) is 3.84. The Morgan fingerprint density at radius 2 is 1.76 bits per heavy atom. The minimum absolute atomic E-state index is 0.332. The highest BCUT2D eigenvalue weighted by molar-refractivity contribution is 5.84. The summed E-state index contributed by atoms with van der Waals surface area (Å²) < 4.78 is 5.98. The molecule has 0 spiro atoms. The topological polar surface area (TPSA) is 34.1 Å². The predicted octanol–water partition coefficient (Wildman–Crippen LogP) is 4.31. The lowest BCUT2D eigenvalue weighted by Gasteiger charge is -2.12. The van der Waals surface area contributed by atoms with E-state index in [9.17, 15) is 0 Å². The first-order valence-corrected chi connectivity index (χ1v) is 7.07. The normalized spacial score (nSPS) is 12.3. The van der Waals surface area contributed by atoms with Crippen LogP contribution in [0.15, 0.2) is 60.8 Å². The smallest absolute Gasteiger partial charge is 0.153 e. The largest absolute Gasteiger partial charge is 0.455 e. The lowest BCUT2D eigenvalue weighted by molar-refractivity contribution is 0.486. The van der Waals surface area contributed by atoms with Crippen molar-refractivity contribution in [1.29, 1.82) is 0 Å². The summed E-state index contributed by atoms with van der Waals surface area (Å²) >= 11 is 0. The number of rotatable bonds is 4. The van der Waals surface area contributed by atoms with Gasteiger partial charge in [0.25, 0.3) is 0 Å². The molecule has 106 valence electrons. The second kappa shape index (κ2) is 5.94. The minimum atomic E-state index is 0.332. The third-order valence-corrected chi connectivity index (χ3v) is 3.64. The molecular weight excluding hydrogens is 260 g/mol. The number of hydrogen-bond acceptors (Lipinski definition) is 3. The van der Waals surface area contributed by atoms with Crippen LogP contribution in [0.4, 0.5) is 0 Å². The first-order chi connectivity index (χ1) is 10.3. The standard InChI is InChI=1S/C18H18N2O/c1-13(19-2)14-8-10-16(11-9-14)21-17-7-3-5-15-6-4-12-20-18(15)17/h3-13,19H,1-2H3. The second-order valence-electron chi connectivity index (χ2n) is 5.01. The Balaban J connectivity index is 1.88. The highest BCUT2D eigenvalue weighted by atomic mass is 16.5. The summed E-state index contributed by atoms with van der Waals surface area (Å²) in [6.45, 7) is 2.13. The molecule has 3 rings (SSSR count). The number of para-hydroxylation sites is 1. The first-order valence-electron chi connectivity index (χ1n) is 7.07. The molecule has 3 heteroatoms. The summed E-state index contributed by atoms with van der Waals surface area (Å²) in [5, 5.41) is 4.30. The average Bonchev–Trinajstić information content (AvgIpc) is 2.55. The monoisotopic (exact) mass is 278 g/mol. The molecule has 0 saturated heterocycles. The van der Waals surface area contributed by atoms with Crippen LogP contribution in [0.25, 0.3) is 10.9 Å². The molecule has 0 bridgehead atoms. The highest BCUT2D eigenvalue weighted by Gasteiger charge is 2.06. The van der Waals surface area contributed by atoms with Crippen LogP contribution >= 0.6 is 0 Å². The number of nitrogens with one attached hydrogen (secondary N) is 1. The zero-order valence-corrected chi connectivity index (χ0v) is 12.2. The summed E-state index contributed by atoms with van der Waals surface area (Å²) in [6.07, 6.45) is 1.78. The van der Waals surface area contributed by atoms with Gasteiger partial charge in [0.15, 0.2) is 5.75 Å². The maximum absolute atomic E-state index is 5.98. The Labute approximate surface area is 124 Å². The molecule has 2 aromatic carbocycles. The molecule has 0 radical (unpaired) electrons. The van der Waals surface area contributed by atoms with Crippen molar-refractivity contribution in [1.82, 2.24) is 10.3 Å². The molecular formula is C18H18N2O. The minimum Gasteiger partial charge on any atom is -0.455 e. The fourth-order valence-electron chi connectivity index (χ4n) is 2.28. The van der Waals surface area contributed by atoms with E-state index in [1.165, 1.54) is 5.56 Å². The van der Waals surface area contributed by atoms with Gasteiger partial charge in [-0.2, -0.15) is 0 Å². The van der Waals surface area contributed by atoms with Crippen LogP contribution in [0.1, 0.15) is 18.5 Å². The van der Waals surface area contributed by atoms with Crippen molar-refractivity contribution in [2.45, 2.75) is 13.0 Å². The van der Waals surface area contributed by atoms with E-state index in [1.807, 2.05) is 49.5 Å². The van der Waals surface area contributed by atoms with Gasteiger partial charge >= 0.3 is 0 Å². The first kappa shape index (κ1) is 13.6. The summed E-state index contributed by atoms with van der Waals surface area (Å²) in [6, 6.07) is 18.4. The van der Waals surface area contributed by atoms with E-state index in [0.717, 1.165) is 22.4 Å². The van der Waals surface area contributed by atoms with Crippen LogP contribution in [0.3, 0.4) is 0 Å². The van der Waals surface area contributed by atoms with E-state index < -0.39 is 0 Å². The van der Waals surface area contributed by atoms with E-state index in [-0.39, 0.29) is 0 Å². The summed E-state index contributed by atoms with van der Waals surface area (Å²) in [7, 11) is 1.96. The SMILES string of the molecule is CNC(C)c1ccc(Oc2cccc3cccnc23)cc1. The zero-order valence-electron chi connectivity index (χ0n) is 12.2. The number of ether oxygens (including phenoxy) is 1. The van der Waals surface area contributed by atoms with E-state index >= 15 is 0 Å². The number of aromatic nitrogens is 1. The predicted molar refractivity (Wildman–Crippen MR) is 85.7 cm³/mol. The molecule has 1 aromatic heterocycles. The van der Waals surface area contributed by atoms with Crippen LogP contribution in [0.2, 0.25) is 0 Å². The van der Waals surface area contributed by atoms with Gasteiger partial charge in [0, 0.05) is 17.6 Å². The maximum atomic E-state index is 5.98. The molecule has 0 aliphatic heterocycles. The van der Waals surface area contributed by atoms with Gasteiger partial charge in [0.2, 0.25) is 0 Å². The van der Waals surface area contributed by atoms with Crippen molar-refractivity contribution < 1.29 is 4.74 Å². The molecule has 0 amide bonds. The molecule has 21 heavy (non-hydrogen) atoms. The molecule has 0 saturated carbocycles. The van der Waals surface area contributed by atoms with Crippen LogP contribution in [0.5, 0.6) is 11.5 Å². The van der Waals surface area contributed by atoms with E-state index in [4.69, 9.17) is 4.74 Å². The molecule has 1 atom stereocenters. The van der Waals surface area contributed by atoms with Gasteiger partial charge in [-0.1, -0.05) is 30.3 Å². The van der Waals surface area contributed by atoms with Gasteiger partial charge in [0.05, 0.1) is 0 Å². The quantitative estimate of drug-likeness (QED) is 0.772. The van der Waals surface area contributed by atoms with Gasteiger partial charge < -0.3 is 10.1 Å². The maximum Gasteiger partial charge on any atom is 0.153 e. The van der Waals surface area contributed by atoms with Crippen molar-refractivity contribution in [2.24, 2.45) is 0 Å². The molecule has 3 aromatic rings. The van der Waals surface area contributed by atoms with Gasteiger partial charge in [-0.3, -0.25) is 4.98 Å². The fraction of sp³-hybridized carbons (Fsp3) is 0.167. The van der Waals surface area contributed by atoms with E-state index in [0.29, 0.717) is 6.04 Å². The molecule has 0 aliphatic rings. The van der Waals surface area contributed by atoms with E-state index in [2.05, 4.69) is 29.4 Å². The fourth-order valence-corrected chi connectivity index (χ4v) is 2.28. The Morgan fingerprint density at radius 3 is 2.52 bits per heavy atom. The van der Waals surface area contributed by atoms with Crippen LogP contribution in [0, 0.1) is 0 Å². The van der Waals surface area contributed by atoms with Gasteiger partial charge in [0.1, 0.15) is 11.3 Å². The molecule has 1 unspecified atom stereocenters. The number of benzene rings is 2. The van der Waals surface area contributed by atoms with Gasteiger partial charge in [-0.15, -0.1) is 0 Å². The number of pyridine rings is 1. The van der Waals surface area contributed by atoms with Crippen LogP contribution < -0.4 is 10.1 Å². The number of fused-ring (bicyclic) bond motifs is 1. The third-order valence-electron chi connectivity index (χ3n) is 3.64. The van der Waals surface area contributed by atoms with Gasteiger partial charge in [-0.05, 0) is 43.8 Å². The van der Waals surface area contributed by atoms with Crippen molar-refractivity contribution in [3.8, 4) is 11.5 Å². The van der Waals surface area contributed by atoms with E-state index in [1.54, 1.807) is 6.20 Å². The molecule has 0 fully saturated rings. The Hall–Kier alpha value is -2.39. The summed E-state index contributed by atoms with van der Waals surface area (Å²) in [4.78, 5) is 4.40. The third kappa shape index (κ3) is 2.88. The zero-order chi connectivity index (χ0) is 14.7. The van der Waals surface area contributed by atoms with Crippen molar-refractivity contribution in [3.63, 3.8) is 0 Å². The summed E-state index contributed by atoms with van der Waals surface area (Å²) in [5.41, 5.74) is 2.12. The molecule has 1 N–H and O–H groups in total. The van der Waals surface area contributed by atoms with Crippen molar-refractivity contribution >= 4 is 10.9 Å². The van der Waals surface area contributed by atoms with Crippen LogP contribution in [-0.4, -0.2) is 12.0 Å². The Bertz CT molecular complexity index is 732. The van der Waals surface area contributed by atoms with Gasteiger partial charge in [-0.25, -0.2) is 0 Å². The number of nitrogens with zero attached hydrogens (tertiary/aromatic N) is 1. The second-order valence-corrected chi connectivity index (χ2v) is 5.01.